The van der Waals surface area contributed by atoms with Gasteiger partial charge in [0.05, 0.1) is 0 Å². The van der Waals surface area contributed by atoms with Crippen LogP contribution in [0.3, 0.4) is 0 Å². The van der Waals surface area contributed by atoms with Crippen molar-refractivity contribution in [1.82, 2.24) is 0 Å². The van der Waals surface area contributed by atoms with Gasteiger partial charge in [-0.2, -0.15) is 0 Å². The summed E-state index contributed by atoms with van der Waals surface area (Å²) in [6.07, 6.45) is -2.73. The van der Waals surface area contributed by atoms with Crippen LogP contribution in [0.5, 0.6) is 0 Å². The molecular weight excluding hydrogens is 242 g/mol. The second-order valence-corrected chi connectivity index (χ2v) is 5.96. The first-order valence-electron chi connectivity index (χ1n) is 4.59. The minimum atomic E-state index is -2.82. The van der Waals surface area contributed by atoms with Gasteiger partial charge in [0.1, 0.15) is 0 Å². The number of halogens is 2. The van der Waals surface area contributed by atoms with Crippen molar-refractivity contribution >= 4 is 14.8 Å². The van der Waals surface area contributed by atoms with E-state index in [1.165, 1.54) is 21.3 Å². The molecule has 0 unspecified atom stereocenters. The molecule has 0 aromatic heterocycles. The zero-order valence-corrected chi connectivity index (χ0v) is 10.5. The van der Waals surface area contributed by atoms with Crippen LogP contribution in [0.25, 0.3) is 0 Å². The van der Waals surface area contributed by atoms with Crippen LogP contribution < -0.4 is 0 Å². The molecule has 0 saturated heterocycles. The molecule has 0 amide bonds. The predicted octanol–water partition coefficient (Wildman–Crippen LogP) is 1.06. The predicted molar refractivity (Wildman–Crippen MR) is 53.2 cm³/mol. The van der Waals surface area contributed by atoms with E-state index in [-0.39, 0.29) is 12.5 Å². The Bertz CT molecular complexity index is 202. The molecule has 5 nitrogen and oxygen atoms in total. The quantitative estimate of drug-likeness (QED) is 0.481. The SMILES string of the molecule is CO[Si](CCC(=O)OCC(F)F)(OC)OC. The fraction of sp³-hybridized carbons (Fsp3) is 0.875. The topological polar surface area (TPSA) is 54.0 Å². The number of hydrogen-bond donors (Lipinski definition) is 0. The van der Waals surface area contributed by atoms with Gasteiger partial charge in [0.2, 0.25) is 0 Å². The Labute approximate surface area is 94.0 Å². The summed E-state index contributed by atoms with van der Waals surface area (Å²) in [5, 5.41) is 0. The maximum absolute atomic E-state index is 11.7. The highest BCUT2D eigenvalue weighted by Crippen LogP contribution is 2.15. The molecule has 0 aliphatic heterocycles. The van der Waals surface area contributed by atoms with Crippen LogP contribution in [0, 0.1) is 0 Å². The molecule has 0 fully saturated rings. The Hall–Kier alpha value is -0.573. The summed E-state index contributed by atoms with van der Waals surface area (Å²) in [4.78, 5) is 11.0. The van der Waals surface area contributed by atoms with Gasteiger partial charge in [-0.3, -0.25) is 4.79 Å². The molecule has 0 radical (unpaired) electrons. The van der Waals surface area contributed by atoms with Crippen LogP contribution >= 0.6 is 0 Å². The molecule has 16 heavy (non-hydrogen) atoms. The lowest BCUT2D eigenvalue weighted by atomic mass is 10.5. The van der Waals surface area contributed by atoms with E-state index in [1.54, 1.807) is 0 Å². The summed E-state index contributed by atoms with van der Waals surface area (Å²) in [5.74, 6) is -0.719. The van der Waals surface area contributed by atoms with Crippen LogP contribution in [0.4, 0.5) is 8.78 Å². The molecule has 0 rings (SSSR count). The highest BCUT2D eigenvalue weighted by molar-refractivity contribution is 6.60. The van der Waals surface area contributed by atoms with Crippen LogP contribution in [-0.4, -0.2) is 49.1 Å². The van der Waals surface area contributed by atoms with E-state index in [9.17, 15) is 13.6 Å². The van der Waals surface area contributed by atoms with E-state index < -0.39 is 27.8 Å². The first kappa shape index (κ1) is 15.4. The van der Waals surface area contributed by atoms with Crippen LogP contribution in [0.2, 0.25) is 6.04 Å². The Morgan fingerprint density at radius 2 is 1.69 bits per heavy atom. The maximum atomic E-state index is 11.7. The zero-order valence-electron chi connectivity index (χ0n) is 9.50. The normalized spacial score (nSPS) is 11.9. The molecule has 0 aliphatic rings. The summed E-state index contributed by atoms with van der Waals surface area (Å²) >= 11 is 0. The molecule has 0 aromatic rings. The Morgan fingerprint density at radius 3 is 2.06 bits per heavy atom. The van der Waals surface area contributed by atoms with Crippen molar-refractivity contribution in [2.75, 3.05) is 27.9 Å². The largest absolute Gasteiger partial charge is 0.500 e. The molecule has 0 aliphatic carbocycles. The third-order valence-electron chi connectivity index (χ3n) is 1.94. The minimum absolute atomic E-state index is 0.0749. The lowest BCUT2D eigenvalue weighted by Gasteiger charge is -2.23. The van der Waals surface area contributed by atoms with Crippen molar-refractivity contribution in [2.24, 2.45) is 0 Å². The molecule has 0 saturated carbocycles. The number of hydrogen-bond acceptors (Lipinski definition) is 5. The minimum Gasteiger partial charge on any atom is -0.460 e. The summed E-state index contributed by atoms with van der Waals surface area (Å²) in [7, 11) is 1.39. The third-order valence-corrected chi connectivity index (χ3v) is 4.67. The molecule has 0 heterocycles. The highest BCUT2D eigenvalue weighted by Gasteiger charge is 2.38. The lowest BCUT2D eigenvalue weighted by molar-refractivity contribution is -0.147. The number of esters is 1. The van der Waals surface area contributed by atoms with Crippen molar-refractivity contribution in [3.63, 3.8) is 0 Å². The van der Waals surface area contributed by atoms with Crippen LogP contribution in [-0.2, 0) is 22.8 Å². The van der Waals surface area contributed by atoms with E-state index in [1.807, 2.05) is 0 Å². The number of carbonyl (C=O) groups excluding carboxylic acids is 1. The van der Waals surface area contributed by atoms with Gasteiger partial charge in [0.15, 0.2) is 6.61 Å². The molecule has 0 atom stereocenters. The number of rotatable bonds is 8. The van der Waals surface area contributed by atoms with Gasteiger partial charge >= 0.3 is 14.8 Å². The van der Waals surface area contributed by atoms with Gasteiger partial charge in [0.25, 0.3) is 6.43 Å². The smallest absolute Gasteiger partial charge is 0.460 e. The van der Waals surface area contributed by atoms with Gasteiger partial charge in [0, 0.05) is 33.8 Å². The summed E-state index contributed by atoms with van der Waals surface area (Å²) in [6, 6.07) is 0.193. The molecule has 0 spiro atoms. The Balaban J connectivity index is 3.97. The number of ether oxygens (including phenoxy) is 1. The summed E-state index contributed by atoms with van der Waals surface area (Å²) in [5.41, 5.74) is 0. The lowest BCUT2D eigenvalue weighted by Crippen LogP contribution is -2.43. The van der Waals surface area contributed by atoms with Gasteiger partial charge < -0.3 is 18.0 Å². The van der Waals surface area contributed by atoms with E-state index in [0.717, 1.165) is 0 Å². The monoisotopic (exact) mass is 258 g/mol. The molecule has 0 bridgehead atoms. The van der Waals surface area contributed by atoms with Gasteiger partial charge in [-0.25, -0.2) is 8.78 Å². The van der Waals surface area contributed by atoms with Crippen molar-refractivity contribution in [2.45, 2.75) is 18.9 Å². The number of carbonyl (C=O) groups is 1. The maximum Gasteiger partial charge on any atom is 0.500 e. The summed E-state index contributed by atoms with van der Waals surface area (Å²) in [6.45, 7) is -0.889. The standard InChI is InChI=1S/C8H16F2O5Si/c1-12-16(13-2,14-3)5-4-8(11)15-6-7(9)10/h7H,4-6H2,1-3H3. The fourth-order valence-electron chi connectivity index (χ4n) is 1.04. The first-order chi connectivity index (χ1) is 7.49. The van der Waals surface area contributed by atoms with E-state index in [4.69, 9.17) is 13.3 Å². The van der Waals surface area contributed by atoms with Gasteiger partial charge in [-0.15, -0.1) is 0 Å². The van der Waals surface area contributed by atoms with E-state index in [2.05, 4.69) is 4.74 Å². The highest BCUT2D eigenvalue weighted by atomic mass is 28.4. The van der Waals surface area contributed by atoms with Crippen LogP contribution in [0.1, 0.15) is 6.42 Å². The zero-order chi connectivity index (χ0) is 12.6. The van der Waals surface area contributed by atoms with Gasteiger partial charge in [-0.05, 0) is 0 Å². The number of alkyl halides is 2. The Morgan fingerprint density at radius 1 is 1.19 bits per heavy atom. The van der Waals surface area contributed by atoms with Crippen molar-refractivity contribution < 1.29 is 31.6 Å². The second kappa shape index (κ2) is 7.66. The second-order valence-electron chi connectivity index (χ2n) is 2.87. The average Bonchev–Trinajstić information content (AvgIpc) is 2.29. The molecule has 8 heteroatoms. The van der Waals surface area contributed by atoms with Gasteiger partial charge in [-0.1, -0.05) is 0 Å². The fourth-order valence-corrected chi connectivity index (χ4v) is 2.66. The Kier molecular flexibility index (Phi) is 7.39. The average molecular weight is 258 g/mol. The van der Waals surface area contributed by atoms with E-state index >= 15 is 0 Å². The van der Waals surface area contributed by atoms with Crippen molar-refractivity contribution in [3.8, 4) is 0 Å². The van der Waals surface area contributed by atoms with Crippen molar-refractivity contribution in [1.29, 1.82) is 0 Å². The molecule has 0 aromatic carbocycles. The molecule has 96 valence electrons. The molecule has 0 N–H and O–H groups in total. The van der Waals surface area contributed by atoms with Crippen molar-refractivity contribution in [3.05, 3.63) is 0 Å². The molecular formula is C8H16F2O5Si. The van der Waals surface area contributed by atoms with E-state index in [0.29, 0.717) is 0 Å². The first-order valence-corrected chi connectivity index (χ1v) is 6.52. The third kappa shape index (κ3) is 5.49. The van der Waals surface area contributed by atoms with Crippen LogP contribution in [0.15, 0.2) is 0 Å². The summed E-state index contributed by atoms with van der Waals surface area (Å²) < 4.78 is 42.9.